The van der Waals surface area contributed by atoms with Crippen molar-refractivity contribution in [1.29, 1.82) is 0 Å². The Morgan fingerprint density at radius 2 is 1.71 bits per heavy atom. The molecule has 1 aromatic heterocycles. The number of allylic oxidation sites excluding steroid dienone is 2. The zero-order valence-electron chi connectivity index (χ0n) is 14.4. The highest BCUT2D eigenvalue weighted by Gasteiger charge is 2.32. The Balaban J connectivity index is 0.000000921. The van der Waals surface area contributed by atoms with Gasteiger partial charge < -0.3 is 9.84 Å². The minimum Gasteiger partial charge on any atom is -0.481 e. The van der Waals surface area contributed by atoms with Crippen molar-refractivity contribution in [2.45, 2.75) is 65.9 Å². The van der Waals surface area contributed by atoms with Crippen LogP contribution >= 0.6 is 0 Å². The quantitative estimate of drug-likeness (QED) is 0.792. The number of pyridine rings is 1. The fourth-order valence-electron chi connectivity index (χ4n) is 2.34. The van der Waals surface area contributed by atoms with Crippen molar-refractivity contribution in [3.8, 4) is 5.88 Å². The van der Waals surface area contributed by atoms with Gasteiger partial charge in [0.15, 0.2) is 0 Å². The first-order valence-electron chi connectivity index (χ1n) is 8.05. The molecule has 1 aromatic rings. The lowest BCUT2D eigenvalue weighted by molar-refractivity contribution is 0.00889. The van der Waals surface area contributed by atoms with Crippen molar-refractivity contribution in [3.63, 3.8) is 0 Å². The molecule has 0 aromatic carbocycles. The summed E-state index contributed by atoms with van der Waals surface area (Å²) in [7, 11) is 1.59. The third kappa shape index (κ3) is 5.50. The van der Waals surface area contributed by atoms with E-state index in [0.29, 0.717) is 5.88 Å². The van der Waals surface area contributed by atoms with Crippen LogP contribution in [0.5, 0.6) is 5.88 Å². The maximum atomic E-state index is 10.6. The zero-order chi connectivity index (χ0) is 16.3. The van der Waals surface area contributed by atoms with E-state index in [1.54, 1.807) is 19.4 Å². The summed E-state index contributed by atoms with van der Waals surface area (Å²) in [6.45, 7) is 10.1. The van der Waals surface area contributed by atoms with Crippen LogP contribution in [-0.4, -0.2) is 17.2 Å². The van der Waals surface area contributed by atoms with E-state index in [1.807, 2.05) is 33.8 Å². The van der Waals surface area contributed by atoms with Crippen molar-refractivity contribution < 1.29 is 9.84 Å². The van der Waals surface area contributed by atoms with Gasteiger partial charge in [-0.05, 0) is 38.7 Å². The van der Waals surface area contributed by atoms with Crippen LogP contribution in [0.1, 0.15) is 65.9 Å². The molecular formula is C18H31NO2. The summed E-state index contributed by atoms with van der Waals surface area (Å²) in [5, 5.41) is 10.6. The molecule has 0 atom stereocenters. The van der Waals surface area contributed by atoms with Crippen LogP contribution in [0.2, 0.25) is 0 Å². The fraction of sp³-hybridized carbons (Fsp3) is 0.611. The van der Waals surface area contributed by atoms with E-state index < -0.39 is 5.60 Å². The highest BCUT2D eigenvalue weighted by molar-refractivity contribution is 5.25. The molecule has 0 bridgehead atoms. The molecule has 3 heteroatoms. The van der Waals surface area contributed by atoms with Crippen LogP contribution in [-0.2, 0) is 5.60 Å². The van der Waals surface area contributed by atoms with E-state index in [0.717, 1.165) is 31.2 Å². The molecule has 1 aliphatic carbocycles. The summed E-state index contributed by atoms with van der Waals surface area (Å²) < 4.78 is 5.02. The second-order valence-corrected chi connectivity index (χ2v) is 4.57. The Bertz CT molecular complexity index is 400. The average Bonchev–Trinajstić information content (AvgIpc) is 2.59. The van der Waals surface area contributed by atoms with Gasteiger partial charge in [0, 0.05) is 17.8 Å². The fourth-order valence-corrected chi connectivity index (χ4v) is 2.34. The topological polar surface area (TPSA) is 42.4 Å². The molecule has 120 valence electrons. The SMILES string of the molecule is CC.CC.CC=C1CCC(O)(c2ccc(OC)nc2)CC1. The monoisotopic (exact) mass is 293 g/mol. The second-order valence-electron chi connectivity index (χ2n) is 4.57. The minimum absolute atomic E-state index is 0.585. The first-order valence-corrected chi connectivity index (χ1v) is 8.05. The van der Waals surface area contributed by atoms with Crippen LogP contribution < -0.4 is 4.74 Å². The Morgan fingerprint density at radius 3 is 2.10 bits per heavy atom. The maximum Gasteiger partial charge on any atom is 0.212 e. The number of ether oxygens (including phenoxy) is 1. The molecule has 1 heterocycles. The molecule has 2 rings (SSSR count). The molecule has 0 spiro atoms. The lowest BCUT2D eigenvalue weighted by atomic mass is 9.78. The molecule has 21 heavy (non-hydrogen) atoms. The smallest absolute Gasteiger partial charge is 0.212 e. The molecule has 1 aliphatic rings. The van der Waals surface area contributed by atoms with E-state index in [9.17, 15) is 5.11 Å². The van der Waals surface area contributed by atoms with Crippen molar-refractivity contribution in [2.75, 3.05) is 7.11 Å². The Hall–Kier alpha value is -1.35. The molecule has 0 saturated heterocycles. The van der Waals surface area contributed by atoms with Gasteiger partial charge in [0.1, 0.15) is 0 Å². The summed E-state index contributed by atoms with van der Waals surface area (Å²) >= 11 is 0. The van der Waals surface area contributed by atoms with Gasteiger partial charge in [0.05, 0.1) is 12.7 Å². The van der Waals surface area contributed by atoms with Crippen molar-refractivity contribution in [2.24, 2.45) is 0 Å². The first-order chi connectivity index (χ1) is 10.2. The van der Waals surface area contributed by atoms with Gasteiger partial charge in [-0.1, -0.05) is 39.3 Å². The number of aromatic nitrogens is 1. The van der Waals surface area contributed by atoms with Gasteiger partial charge >= 0.3 is 0 Å². The number of nitrogens with zero attached hydrogens (tertiary/aromatic N) is 1. The van der Waals surface area contributed by atoms with Gasteiger partial charge in [0.2, 0.25) is 5.88 Å². The summed E-state index contributed by atoms with van der Waals surface area (Å²) in [5.74, 6) is 0.585. The molecular weight excluding hydrogens is 262 g/mol. The Kier molecular flexibility index (Phi) is 9.72. The van der Waals surface area contributed by atoms with E-state index in [-0.39, 0.29) is 0 Å². The summed E-state index contributed by atoms with van der Waals surface area (Å²) in [4.78, 5) is 4.16. The summed E-state index contributed by atoms with van der Waals surface area (Å²) in [6, 6.07) is 3.71. The average molecular weight is 293 g/mol. The van der Waals surface area contributed by atoms with Crippen LogP contribution in [0.3, 0.4) is 0 Å². The molecule has 1 saturated carbocycles. The van der Waals surface area contributed by atoms with Crippen LogP contribution in [0.15, 0.2) is 30.0 Å². The molecule has 0 aliphatic heterocycles. The predicted octanol–water partition coefficient (Wildman–Crippen LogP) is 4.85. The molecule has 1 fully saturated rings. The molecule has 0 amide bonds. The van der Waals surface area contributed by atoms with Crippen molar-refractivity contribution in [1.82, 2.24) is 4.98 Å². The molecule has 1 N–H and O–H groups in total. The van der Waals surface area contributed by atoms with Crippen molar-refractivity contribution >= 4 is 0 Å². The minimum atomic E-state index is -0.716. The number of methoxy groups -OCH3 is 1. The van der Waals surface area contributed by atoms with Crippen LogP contribution in [0, 0.1) is 0 Å². The number of hydrogen-bond donors (Lipinski definition) is 1. The van der Waals surface area contributed by atoms with Gasteiger partial charge in [-0.3, -0.25) is 0 Å². The summed E-state index contributed by atoms with van der Waals surface area (Å²) in [6.07, 6.45) is 7.38. The maximum absolute atomic E-state index is 10.6. The lowest BCUT2D eigenvalue weighted by Crippen LogP contribution is -2.29. The lowest BCUT2D eigenvalue weighted by Gasteiger charge is -2.33. The molecule has 3 nitrogen and oxygen atoms in total. The zero-order valence-corrected chi connectivity index (χ0v) is 14.4. The second kappa shape index (κ2) is 10.4. The summed E-state index contributed by atoms with van der Waals surface area (Å²) in [5.41, 5.74) is 1.62. The molecule has 0 radical (unpaired) electrons. The number of hydrogen-bond acceptors (Lipinski definition) is 3. The standard InChI is InChI=1S/C14H19NO2.2C2H6/c1-3-11-6-8-14(16,9-7-11)12-4-5-13(17-2)15-10-12;2*1-2/h3-5,10,16H,6-9H2,1-2H3;2*1-2H3. The normalized spacial score (nSPS) is 20.4. The van der Waals surface area contributed by atoms with Gasteiger partial charge in [-0.25, -0.2) is 4.98 Å². The van der Waals surface area contributed by atoms with Gasteiger partial charge in [-0.2, -0.15) is 0 Å². The van der Waals surface area contributed by atoms with E-state index in [4.69, 9.17) is 4.74 Å². The number of aliphatic hydroxyl groups is 1. The molecule has 0 unspecified atom stereocenters. The van der Waals surface area contributed by atoms with E-state index in [1.165, 1.54) is 5.57 Å². The Labute approximate surface area is 130 Å². The number of rotatable bonds is 2. The third-order valence-corrected chi connectivity index (χ3v) is 3.61. The van der Waals surface area contributed by atoms with E-state index in [2.05, 4.69) is 18.0 Å². The first kappa shape index (κ1) is 19.7. The van der Waals surface area contributed by atoms with Gasteiger partial charge in [-0.15, -0.1) is 0 Å². The largest absolute Gasteiger partial charge is 0.481 e. The third-order valence-electron chi connectivity index (χ3n) is 3.61. The highest BCUT2D eigenvalue weighted by Crippen LogP contribution is 2.39. The van der Waals surface area contributed by atoms with Gasteiger partial charge in [0.25, 0.3) is 0 Å². The van der Waals surface area contributed by atoms with Crippen LogP contribution in [0.25, 0.3) is 0 Å². The van der Waals surface area contributed by atoms with Crippen molar-refractivity contribution in [3.05, 3.63) is 35.5 Å². The predicted molar refractivity (Wildman–Crippen MR) is 89.6 cm³/mol. The highest BCUT2D eigenvalue weighted by atomic mass is 16.5. The Morgan fingerprint density at radius 1 is 1.14 bits per heavy atom. The van der Waals surface area contributed by atoms with E-state index >= 15 is 0 Å². The van der Waals surface area contributed by atoms with Crippen LogP contribution in [0.4, 0.5) is 0 Å².